The number of hydrogen-bond acceptors (Lipinski definition) is 9. The molecule has 0 saturated heterocycles. The molecule has 1 heterocycles. The number of carbonyl (C=O) groups is 4. The summed E-state index contributed by atoms with van der Waals surface area (Å²) in [5.41, 5.74) is 4.73. The summed E-state index contributed by atoms with van der Waals surface area (Å²) in [6.45, 7) is 4.07. The summed E-state index contributed by atoms with van der Waals surface area (Å²) in [5.74, 6) is -3.08. The first kappa shape index (κ1) is 28.0. The number of nitrogens with two attached hydrogens (primary N) is 1. The van der Waals surface area contributed by atoms with E-state index < -0.39 is 47.9 Å². The summed E-state index contributed by atoms with van der Waals surface area (Å²) in [6.07, 6.45) is -1.69. The van der Waals surface area contributed by atoms with E-state index in [1.54, 1.807) is 45.0 Å². The number of esters is 1. The minimum atomic E-state index is -1.75. The summed E-state index contributed by atoms with van der Waals surface area (Å²) in [6, 6.07) is 10.2. The Bertz CT molecular complexity index is 1140. The standard InChI is InChI=1S/C23H29N5O8/c1-23(2,3)36-18(30)10-12-28(19(24)20(31)32)17(29)13-27-11-9-16(25-21(27)33)26-22(34)35-14-15-7-5-4-6-8-15/h4-9,11,19H,10,12-14,24H2,1-3H3,(H,31,32)(H,25,26,33,34). The third-order valence-electron chi connectivity index (χ3n) is 4.51. The van der Waals surface area contributed by atoms with Gasteiger partial charge in [0.2, 0.25) is 5.91 Å². The van der Waals surface area contributed by atoms with Gasteiger partial charge in [0.05, 0.1) is 6.42 Å². The highest BCUT2D eigenvalue weighted by Gasteiger charge is 2.28. The van der Waals surface area contributed by atoms with Crippen LogP contribution in [0.3, 0.4) is 0 Å². The lowest BCUT2D eigenvalue weighted by Gasteiger charge is -2.27. The summed E-state index contributed by atoms with van der Waals surface area (Å²) in [7, 11) is 0. The molecule has 36 heavy (non-hydrogen) atoms. The first-order valence-electron chi connectivity index (χ1n) is 10.9. The smallest absolute Gasteiger partial charge is 0.413 e. The van der Waals surface area contributed by atoms with E-state index in [9.17, 15) is 29.1 Å². The van der Waals surface area contributed by atoms with Crippen molar-refractivity contribution < 1.29 is 33.8 Å². The summed E-state index contributed by atoms with van der Waals surface area (Å²) in [5, 5.41) is 11.6. The second-order valence-electron chi connectivity index (χ2n) is 8.62. The monoisotopic (exact) mass is 503 g/mol. The van der Waals surface area contributed by atoms with E-state index in [1.165, 1.54) is 12.3 Å². The van der Waals surface area contributed by atoms with Crippen molar-refractivity contribution in [3.05, 3.63) is 58.6 Å². The van der Waals surface area contributed by atoms with Crippen LogP contribution < -0.4 is 16.7 Å². The molecule has 0 fully saturated rings. The Morgan fingerprint density at radius 2 is 1.83 bits per heavy atom. The van der Waals surface area contributed by atoms with Crippen molar-refractivity contribution in [1.82, 2.24) is 14.5 Å². The molecule has 1 aromatic carbocycles. The van der Waals surface area contributed by atoms with Crippen molar-refractivity contribution in [2.45, 2.75) is 52.1 Å². The van der Waals surface area contributed by atoms with Gasteiger partial charge in [-0.3, -0.25) is 19.5 Å². The van der Waals surface area contributed by atoms with Gasteiger partial charge < -0.3 is 25.2 Å². The molecule has 0 spiro atoms. The first-order chi connectivity index (χ1) is 16.9. The zero-order chi connectivity index (χ0) is 26.9. The average molecular weight is 504 g/mol. The van der Waals surface area contributed by atoms with Crippen LogP contribution in [0.4, 0.5) is 10.6 Å². The van der Waals surface area contributed by atoms with Crippen LogP contribution >= 0.6 is 0 Å². The molecule has 0 aliphatic rings. The van der Waals surface area contributed by atoms with E-state index in [0.29, 0.717) is 0 Å². The van der Waals surface area contributed by atoms with Gasteiger partial charge in [-0.15, -0.1) is 0 Å². The molecule has 1 aromatic heterocycles. The topological polar surface area (TPSA) is 183 Å². The van der Waals surface area contributed by atoms with Crippen LogP contribution in [0.1, 0.15) is 32.8 Å². The maximum Gasteiger partial charge on any atom is 0.413 e. The van der Waals surface area contributed by atoms with Crippen molar-refractivity contribution in [2.24, 2.45) is 5.73 Å². The molecule has 2 rings (SSSR count). The fraction of sp³-hybridized carbons (Fsp3) is 0.391. The van der Waals surface area contributed by atoms with Crippen molar-refractivity contribution in [3.63, 3.8) is 0 Å². The van der Waals surface area contributed by atoms with Crippen LogP contribution in [0.2, 0.25) is 0 Å². The maximum absolute atomic E-state index is 12.7. The minimum Gasteiger partial charge on any atom is -0.479 e. The second kappa shape index (κ2) is 12.4. The van der Waals surface area contributed by atoms with E-state index in [1.807, 2.05) is 6.07 Å². The number of nitrogens with zero attached hydrogens (tertiary/aromatic N) is 3. The highest BCUT2D eigenvalue weighted by Crippen LogP contribution is 2.10. The number of carbonyl (C=O) groups excluding carboxylic acids is 3. The Hall–Kier alpha value is -4.26. The molecular weight excluding hydrogens is 474 g/mol. The number of aliphatic carboxylic acids is 1. The third kappa shape index (κ3) is 9.18. The van der Waals surface area contributed by atoms with Gasteiger partial charge in [0.15, 0.2) is 6.17 Å². The van der Waals surface area contributed by atoms with Crippen LogP contribution in [-0.4, -0.2) is 61.8 Å². The molecule has 194 valence electrons. The van der Waals surface area contributed by atoms with Gasteiger partial charge in [0.25, 0.3) is 0 Å². The van der Waals surface area contributed by atoms with Crippen LogP contribution in [0, 0.1) is 0 Å². The quantitative estimate of drug-likeness (QED) is 0.311. The molecule has 0 bridgehead atoms. The molecular formula is C23H29N5O8. The summed E-state index contributed by atoms with van der Waals surface area (Å²) < 4.78 is 11.1. The van der Waals surface area contributed by atoms with Crippen molar-refractivity contribution in [2.75, 3.05) is 11.9 Å². The van der Waals surface area contributed by atoms with Gasteiger partial charge in [-0.1, -0.05) is 30.3 Å². The largest absolute Gasteiger partial charge is 0.479 e. The lowest BCUT2D eigenvalue weighted by atomic mass is 10.2. The van der Waals surface area contributed by atoms with Crippen LogP contribution in [0.25, 0.3) is 0 Å². The Balaban J connectivity index is 2.01. The molecule has 0 saturated carbocycles. The zero-order valence-corrected chi connectivity index (χ0v) is 20.2. The Morgan fingerprint density at radius 1 is 1.17 bits per heavy atom. The molecule has 0 radical (unpaired) electrons. The number of anilines is 1. The number of ether oxygens (including phenoxy) is 2. The van der Waals surface area contributed by atoms with Crippen molar-refractivity contribution in [3.8, 4) is 0 Å². The molecule has 0 aliphatic heterocycles. The van der Waals surface area contributed by atoms with Crippen molar-refractivity contribution in [1.29, 1.82) is 0 Å². The van der Waals surface area contributed by atoms with E-state index in [-0.39, 0.29) is 25.4 Å². The number of carboxylic acid groups (broad SMARTS) is 1. The lowest BCUT2D eigenvalue weighted by Crippen LogP contribution is -2.53. The van der Waals surface area contributed by atoms with Gasteiger partial charge in [-0.25, -0.2) is 14.4 Å². The number of rotatable bonds is 10. The molecule has 2 aromatic rings. The second-order valence-corrected chi connectivity index (χ2v) is 8.62. The van der Waals surface area contributed by atoms with Gasteiger partial charge in [-0.05, 0) is 32.4 Å². The van der Waals surface area contributed by atoms with E-state index in [2.05, 4.69) is 10.3 Å². The van der Waals surface area contributed by atoms with E-state index in [4.69, 9.17) is 15.2 Å². The predicted octanol–water partition coefficient (Wildman–Crippen LogP) is 0.922. The minimum absolute atomic E-state index is 0.0151. The number of aromatic nitrogens is 2. The number of carboxylic acids is 1. The Kier molecular flexibility index (Phi) is 9.67. The Labute approximate surface area is 206 Å². The fourth-order valence-corrected chi connectivity index (χ4v) is 2.88. The third-order valence-corrected chi connectivity index (χ3v) is 4.51. The normalized spacial score (nSPS) is 11.8. The van der Waals surface area contributed by atoms with E-state index in [0.717, 1.165) is 15.0 Å². The predicted molar refractivity (Wildman–Crippen MR) is 127 cm³/mol. The van der Waals surface area contributed by atoms with Gasteiger partial charge >= 0.3 is 23.7 Å². The molecule has 0 aliphatic carbocycles. The molecule has 1 atom stereocenters. The summed E-state index contributed by atoms with van der Waals surface area (Å²) >= 11 is 0. The maximum atomic E-state index is 12.7. The first-order valence-corrected chi connectivity index (χ1v) is 10.9. The highest BCUT2D eigenvalue weighted by atomic mass is 16.6. The van der Waals surface area contributed by atoms with Crippen molar-refractivity contribution >= 4 is 29.8 Å². The fourth-order valence-electron chi connectivity index (χ4n) is 2.88. The van der Waals surface area contributed by atoms with Gasteiger partial charge in [0, 0.05) is 12.7 Å². The molecule has 13 nitrogen and oxygen atoms in total. The number of benzene rings is 1. The van der Waals surface area contributed by atoms with Crippen LogP contribution in [0.5, 0.6) is 0 Å². The Morgan fingerprint density at radius 3 is 2.42 bits per heavy atom. The molecule has 1 unspecified atom stereocenters. The lowest BCUT2D eigenvalue weighted by molar-refractivity contribution is -0.157. The molecule has 2 amide bonds. The SMILES string of the molecule is CC(C)(C)OC(=O)CCN(C(=O)Cn1ccc(NC(=O)OCc2ccccc2)nc1=O)C(N)C(=O)O. The zero-order valence-electron chi connectivity index (χ0n) is 20.2. The summed E-state index contributed by atoms with van der Waals surface area (Å²) in [4.78, 5) is 64.8. The van der Waals surface area contributed by atoms with Gasteiger partial charge in [0.1, 0.15) is 24.6 Å². The number of hydrogen-bond donors (Lipinski definition) is 3. The number of nitrogens with one attached hydrogen (secondary N) is 1. The molecule has 13 heteroatoms. The van der Waals surface area contributed by atoms with Crippen LogP contribution in [-0.2, 0) is 37.0 Å². The molecule has 4 N–H and O–H groups in total. The van der Waals surface area contributed by atoms with Crippen LogP contribution in [0.15, 0.2) is 47.4 Å². The average Bonchev–Trinajstić information content (AvgIpc) is 2.79. The number of amides is 2. The van der Waals surface area contributed by atoms with E-state index >= 15 is 0 Å². The highest BCUT2D eigenvalue weighted by molar-refractivity contribution is 5.84. The van der Waals surface area contributed by atoms with Gasteiger partial charge in [-0.2, -0.15) is 4.98 Å².